The van der Waals surface area contributed by atoms with Crippen molar-refractivity contribution in [2.24, 2.45) is 7.05 Å². The van der Waals surface area contributed by atoms with Gasteiger partial charge in [0.25, 0.3) is 0 Å². The minimum absolute atomic E-state index is 0.300. The Labute approximate surface area is 113 Å². The molecule has 2 aromatic rings. The van der Waals surface area contributed by atoms with Crippen LogP contribution in [0.3, 0.4) is 0 Å². The van der Waals surface area contributed by atoms with Crippen LogP contribution in [0.2, 0.25) is 0 Å². The van der Waals surface area contributed by atoms with Crippen molar-refractivity contribution in [3.63, 3.8) is 0 Å². The van der Waals surface area contributed by atoms with E-state index in [-0.39, 0.29) is 5.82 Å². The van der Waals surface area contributed by atoms with E-state index in [0.29, 0.717) is 21.9 Å². The molecule has 2 N–H and O–H groups in total. The van der Waals surface area contributed by atoms with Crippen LogP contribution in [0.15, 0.2) is 22.7 Å². The van der Waals surface area contributed by atoms with Gasteiger partial charge in [-0.1, -0.05) is 6.07 Å². The van der Waals surface area contributed by atoms with E-state index in [1.165, 1.54) is 18.9 Å². The van der Waals surface area contributed by atoms with Gasteiger partial charge in [0.05, 0.1) is 4.47 Å². The molecular formula is C13H13BrFN3. The highest BCUT2D eigenvalue weighted by atomic mass is 79.9. The van der Waals surface area contributed by atoms with Gasteiger partial charge in [-0.05, 0) is 40.9 Å². The summed E-state index contributed by atoms with van der Waals surface area (Å²) in [6.07, 6.45) is 2.33. The van der Waals surface area contributed by atoms with Crippen molar-refractivity contribution in [3.8, 4) is 11.3 Å². The fraction of sp³-hybridized carbons (Fsp3) is 0.308. The maximum absolute atomic E-state index is 13.6. The minimum Gasteiger partial charge on any atom is -0.383 e. The summed E-state index contributed by atoms with van der Waals surface area (Å²) >= 11 is 3.14. The summed E-state index contributed by atoms with van der Waals surface area (Å²) in [4.78, 5) is 4.57. The van der Waals surface area contributed by atoms with E-state index in [1.54, 1.807) is 6.07 Å². The second kappa shape index (κ2) is 4.09. The molecule has 1 aliphatic carbocycles. The van der Waals surface area contributed by atoms with Crippen LogP contribution in [0, 0.1) is 5.82 Å². The van der Waals surface area contributed by atoms with Gasteiger partial charge in [0.1, 0.15) is 23.2 Å². The summed E-state index contributed by atoms with van der Waals surface area (Å²) in [5.41, 5.74) is 7.45. The van der Waals surface area contributed by atoms with E-state index in [0.717, 1.165) is 11.4 Å². The first-order valence-electron chi connectivity index (χ1n) is 5.85. The molecule has 0 aliphatic heterocycles. The Hall–Kier alpha value is -1.36. The Morgan fingerprint density at radius 3 is 2.78 bits per heavy atom. The van der Waals surface area contributed by atoms with Crippen LogP contribution in [0.5, 0.6) is 0 Å². The van der Waals surface area contributed by atoms with Gasteiger partial charge in [-0.15, -0.1) is 0 Å². The van der Waals surface area contributed by atoms with E-state index in [2.05, 4.69) is 20.9 Å². The number of hydrogen-bond acceptors (Lipinski definition) is 2. The molecule has 0 radical (unpaired) electrons. The second-order valence-electron chi connectivity index (χ2n) is 4.67. The van der Waals surface area contributed by atoms with Gasteiger partial charge in [0, 0.05) is 18.5 Å². The number of anilines is 1. The van der Waals surface area contributed by atoms with Crippen molar-refractivity contribution in [3.05, 3.63) is 34.3 Å². The van der Waals surface area contributed by atoms with E-state index in [9.17, 15) is 4.39 Å². The standard InChI is InChI=1S/C13H13BrFN3/c1-18-12(16)11(17-13(18)7-2-3-7)8-4-5-9(14)10(15)6-8/h4-7H,2-3,16H2,1H3. The Morgan fingerprint density at radius 1 is 1.44 bits per heavy atom. The van der Waals surface area contributed by atoms with Crippen LogP contribution in [0.4, 0.5) is 10.2 Å². The van der Waals surface area contributed by atoms with Crippen molar-refractivity contribution in [1.29, 1.82) is 0 Å². The van der Waals surface area contributed by atoms with Crippen LogP contribution in [-0.2, 0) is 7.05 Å². The summed E-state index contributed by atoms with van der Waals surface area (Å²) in [6.45, 7) is 0. The van der Waals surface area contributed by atoms with Crippen molar-refractivity contribution >= 4 is 21.7 Å². The highest BCUT2D eigenvalue weighted by Crippen LogP contribution is 2.41. The van der Waals surface area contributed by atoms with Crippen LogP contribution >= 0.6 is 15.9 Å². The number of rotatable bonds is 2. The van der Waals surface area contributed by atoms with Crippen LogP contribution < -0.4 is 5.73 Å². The molecule has 3 rings (SSSR count). The summed E-state index contributed by atoms with van der Waals surface area (Å²) in [6, 6.07) is 4.96. The average Bonchev–Trinajstić information content (AvgIpc) is 3.13. The number of imidazole rings is 1. The Kier molecular flexibility index (Phi) is 2.66. The molecule has 0 unspecified atom stereocenters. The zero-order valence-electron chi connectivity index (χ0n) is 9.95. The summed E-state index contributed by atoms with van der Waals surface area (Å²) in [5, 5.41) is 0. The first-order chi connectivity index (χ1) is 8.58. The number of aromatic nitrogens is 2. The third-order valence-corrected chi connectivity index (χ3v) is 3.95. The molecule has 1 heterocycles. The molecule has 1 aromatic heterocycles. The maximum atomic E-state index is 13.6. The molecule has 0 saturated heterocycles. The molecule has 5 heteroatoms. The molecule has 0 bridgehead atoms. The van der Waals surface area contributed by atoms with Gasteiger partial charge in [-0.3, -0.25) is 0 Å². The van der Waals surface area contributed by atoms with Crippen molar-refractivity contribution in [2.75, 3.05) is 5.73 Å². The third-order valence-electron chi connectivity index (χ3n) is 3.31. The lowest BCUT2D eigenvalue weighted by atomic mass is 10.1. The summed E-state index contributed by atoms with van der Waals surface area (Å²) in [7, 11) is 1.91. The lowest BCUT2D eigenvalue weighted by molar-refractivity contribution is 0.621. The predicted molar refractivity (Wildman–Crippen MR) is 72.7 cm³/mol. The number of nitrogens with zero attached hydrogens (tertiary/aromatic N) is 2. The Morgan fingerprint density at radius 2 is 2.17 bits per heavy atom. The lowest BCUT2D eigenvalue weighted by Gasteiger charge is -2.02. The monoisotopic (exact) mass is 309 g/mol. The summed E-state index contributed by atoms with van der Waals surface area (Å²) in [5.74, 6) is 1.82. The van der Waals surface area contributed by atoms with Gasteiger partial charge < -0.3 is 10.3 Å². The van der Waals surface area contributed by atoms with Gasteiger partial charge >= 0.3 is 0 Å². The number of nitrogens with two attached hydrogens (primary N) is 1. The predicted octanol–water partition coefficient (Wildman–Crippen LogP) is 3.45. The van der Waals surface area contributed by atoms with Gasteiger partial charge in [0.15, 0.2) is 0 Å². The molecule has 1 fully saturated rings. The quantitative estimate of drug-likeness (QED) is 0.923. The van der Waals surface area contributed by atoms with Crippen LogP contribution in [-0.4, -0.2) is 9.55 Å². The highest BCUT2D eigenvalue weighted by molar-refractivity contribution is 9.10. The second-order valence-corrected chi connectivity index (χ2v) is 5.52. The highest BCUT2D eigenvalue weighted by Gasteiger charge is 2.29. The zero-order chi connectivity index (χ0) is 12.9. The molecule has 1 saturated carbocycles. The number of benzene rings is 1. The van der Waals surface area contributed by atoms with Crippen LogP contribution in [0.1, 0.15) is 24.6 Å². The maximum Gasteiger partial charge on any atom is 0.138 e. The molecule has 94 valence electrons. The molecule has 0 amide bonds. The minimum atomic E-state index is -0.300. The normalized spacial score (nSPS) is 15.1. The van der Waals surface area contributed by atoms with Crippen LogP contribution in [0.25, 0.3) is 11.3 Å². The number of nitrogen functional groups attached to an aromatic ring is 1. The van der Waals surface area contributed by atoms with E-state index in [1.807, 2.05) is 17.7 Å². The van der Waals surface area contributed by atoms with E-state index < -0.39 is 0 Å². The van der Waals surface area contributed by atoms with Crippen molar-refractivity contribution in [2.45, 2.75) is 18.8 Å². The summed E-state index contributed by atoms with van der Waals surface area (Å²) < 4.78 is 15.9. The van der Waals surface area contributed by atoms with Gasteiger partial charge in [-0.25, -0.2) is 9.37 Å². The first kappa shape index (κ1) is 11.7. The Bertz CT molecular complexity index is 617. The first-order valence-corrected chi connectivity index (χ1v) is 6.64. The number of hydrogen-bond donors (Lipinski definition) is 1. The third kappa shape index (κ3) is 1.82. The van der Waals surface area contributed by atoms with E-state index in [4.69, 9.17) is 5.73 Å². The van der Waals surface area contributed by atoms with Gasteiger partial charge in [0.2, 0.25) is 0 Å². The molecule has 18 heavy (non-hydrogen) atoms. The molecule has 1 aliphatic rings. The van der Waals surface area contributed by atoms with E-state index >= 15 is 0 Å². The molecule has 1 aromatic carbocycles. The molecular weight excluding hydrogens is 297 g/mol. The van der Waals surface area contributed by atoms with Crippen molar-refractivity contribution < 1.29 is 4.39 Å². The molecule has 3 nitrogen and oxygen atoms in total. The smallest absolute Gasteiger partial charge is 0.138 e. The fourth-order valence-corrected chi connectivity index (χ4v) is 2.34. The van der Waals surface area contributed by atoms with Crippen molar-refractivity contribution in [1.82, 2.24) is 9.55 Å². The Balaban J connectivity index is 2.10. The molecule has 0 atom stereocenters. The SMILES string of the molecule is Cn1c(C2CC2)nc(-c2ccc(Br)c(F)c2)c1N. The fourth-order valence-electron chi connectivity index (χ4n) is 2.09. The lowest BCUT2D eigenvalue weighted by Crippen LogP contribution is -2.00. The largest absolute Gasteiger partial charge is 0.383 e. The molecule has 0 spiro atoms. The van der Waals surface area contributed by atoms with Gasteiger partial charge in [-0.2, -0.15) is 0 Å². The zero-order valence-corrected chi connectivity index (χ0v) is 11.5. The number of halogens is 2. The topological polar surface area (TPSA) is 43.8 Å². The average molecular weight is 310 g/mol.